The van der Waals surface area contributed by atoms with E-state index in [1.54, 1.807) is 13.2 Å². The third-order valence-electron chi connectivity index (χ3n) is 3.83. The van der Waals surface area contributed by atoms with E-state index in [9.17, 15) is 4.79 Å². The Morgan fingerprint density at radius 3 is 2.75 bits per heavy atom. The molecule has 2 N–H and O–H groups in total. The smallest absolute Gasteiger partial charge is 0.273 e. The van der Waals surface area contributed by atoms with Crippen LogP contribution in [0, 0.1) is 13.8 Å². The second kappa shape index (κ2) is 6.58. The number of carbonyl (C=O) groups excluding carboxylic acids is 1. The molecule has 2 aromatic carbocycles. The van der Waals surface area contributed by atoms with Gasteiger partial charge in [0.2, 0.25) is 0 Å². The summed E-state index contributed by atoms with van der Waals surface area (Å²) in [6.07, 6.45) is 0. The van der Waals surface area contributed by atoms with E-state index >= 15 is 0 Å². The highest BCUT2D eigenvalue weighted by Gasteiger charge is 2.12. The van der Waals surface area contributed by atoms with Crippen molar-refractivity contribution < 1.29 is 9.53 Å². The summed E-state index contributed by atoms with van der Waals surface area (Å²) >= 11 is 0. The zero-order valence-corrected chi connectivity index (χ0v) is 13.9. The number of ether oxygens (including phenoxy) is 1. The van der Waals surface area contributed by atoms with Crippen molar-refractivity contribution in [2.45, 2.75) is 13.8 Å². The second-order valence-electron chi connectivity index (χ2n) is 5.67. The molecule has 1 amide bonds. The van der Waals surface area contributed by atoms with Crippen molar-refractivity contribution in [2.24, 2.45) is 0 Å². The number of H-pyrrole nitrogens is 1. The first kappa shape index (κ1) is 15.8. The van der Waals surface area contributed by atoms with Crippen molar-refractivity contribution in [2.75, 3.05) is 12.4 Å². The number of aromatic nitrogens is 2. The maximum atomic E-state index is 12.4. The molecule has 0 saturated heterocycles. The van der Waals surface area contributed by atoms with E-state index < -0.39 is 0 Å². The van der Waals surface area contributed by atoms with Crippen molar-refractivity contribution in [1.29, 1.82) is 0 Å². The highest BCUT2D eigenvalue weighted by atomic mass is 16.5. The molecule has 0 aliphatic rings. The van der Waals surface area contributed by atoms with Gasteiger partial charge in [-0.05, 0) is 49.2 Å². The molecular weight excluding hydrogens is 302 g/mol. The van der Waals surface area contributed by atoms with Crippen LogP contribution in [-0.2, 0) is 0 Å². The molecule has 0 atom stereocenters. The molecule has 5 nitrogen and oxygen atoms in total. The predicted octanol–water partition coefficient (Wildman–Crippen LogP) is 3.95. The number of benzene rings is 2. The van der Waals surface area contributed by atoms with E-state index in [1.165, 1.54) is 0 Å². The van der Waals surface area contributed by atoms with Crippen molar-refractivity contribution in [3.63, 3.8) is 0 Å². The van der Waals surface area contributed by atoms with E-state index in [0.29, 0.717) is 11.4 Å². The van der Waals surface area contributed by atoms with Crippen LogP contribution in [0.3, 0.4) is 0 Å². The SMILES string of the molecule is COc1cccc(-c2cc(C(=O)Nc3cc(C)ccc3C)[nH]n2)c1. The molecule has 0 saturated carbocycles. The van der Waals surface area contributed by atoms with E-state index in [2.05, 4.69) is 15.5 Å². The Hall–Kier alpha value is -3.08. The minimum atomic E-state index is -0.217. The quantitative estimate of drug-likeness (QED) is 0.764. The number of aryl methyl sites for hydroxylation is 2. The van der Waals surface area contributed by atoms with Gasteiger partial charge in [-0.15, -0.1) is 0 Å². The third kappa shape index (κ3) is 3.30. The summed E-state index contributed by atoms with van der Waals surface area (Å²) in [5.41, 5.74) is 4.90. The van der Waals surface area contributed by atoms with Gasteiger partial charge in [-0.25, -0.2) is 0 Å². The predicted molar refractivity (Wildman–Crippen MR) is 94.4 cm³/mol. The van der Waals surface area contributed by atoms with Crippen molar-refractivity contribution in [3.05, 3.63) is 65.4 Å². The third-order valence-corrected chi connectivity index (χ3v) is 3.83. The van der Waals surface area contributed by atoms with Crippen LogP contribution in [0.5, 0.6) is 5.75 Å². The van der Waals surface area contributed by atoms with E-state index in [0.717, 1.165) is 28.1 Å². The molecule has 0 aliphatic heterocycles. The zero-order valence-electron chi connectivity index (χ0n) is 13.9. The number of aromatic amines is 1. The molecule has 1 aromatic heterocycles. The number of nitrogens with one attached hydrogen (secondary N) is 2. The molecule has 0 radical (unpaired) electrons. The van der Waals surface area contributed by atoms with Gasteiger partial charge in [0.1, 0.15) is 11.4 Å². The Morgan fingerprint density at radius 1 is 1.12 bits per heavy atom. The van der Waals surface area contributed by atoms with Crippen LogP contribution >= 0.6 is 0 Å². The lowest BCUT2D eigenvalue weighted by Crippen LogP contribution is -2.13. The van der Waals surface area contributed by atoms with Crippen LogP contribution < -0.4 is 10.1 Å². The van der Waals surface area contributed by atoms with E-state index in [-0.39, 0.29) is 5.91 Å². The zero-order chi connectivity index (χ0) is 17.1. The molecule has 122 valence electrons. The van der Waals surface area contributed by atoms with Gasteiger partial charge in [-0.1, -0.05) is 24.3 Å². The molecule has 0 aliphatic carbocycles. The van der Waals surface area contributed by atoms with Gasteiger partial charge in [0.25, 0.3) is 5.91 Å². The van der Waals surface area contributed by atoms with E-state index in [4.69, 9.17) is 4.74 Å². The molecule has 0 unspecified atom stereocenters. The lowest BCUT2D eigenvalue weighted by atomic mass is 10.1. The van der Waals surface area contributed by atoms with Gasteiger partial charge in [0.05, 0.1) is 12.8 Å². The van der Waals surface area contributed by atoms with Gasteiger partial charge < -0.3 is 10.1 Å². The van der Waals surface area contributed by atoms with Crippen LogP contribution in [0.15, 0.2) is 48.5 Å². The summed E-state index contributed by atoms with van der Waals surface area (Å²) in [4.78, 5) is 12.4. The summed E-state index contributed by atoms with van der Waals surface area (Å²) in [5, 5.41) is 9.94. The topological polar surface area (TPSA) is 67.0 Å². The largest absolute Gasteiger partial charge is 0.497 e. The Bertz CT molecular complexity index is 884. The molecule has 0 spiro atoms. The minimum Gasteiger partial charge on any atom is -0.497 e. The number of anilines is 1. The fourth-order valence-electron chi connectivity index (χ4n) is 2.43. The first-order chi connectivity index (χ1) is 11.6. The van der Waals surface area contributed by atoms with Gasteiger partial charge in [-0.3, -0.25) is 9.89 Å². The fourth-order valence-corrected chi connectivity index (χ4v) is 2.43. The maximum absolute atomic E-state index is 12.4. The summed E-state index contributed by atoms with van der Waals surface area (Å²) in [7, 11) is 1.62. The van der Waals surface area contributed by atoms with Crippen molar-refractivity contribution in [3.8, 4) is 17.0 Å². The molecule has 3 rings (SSSR count). The van der Waals surface area contributed by atoms with Crippen LogP contribution in [0.25, 0.3) is 11.3 Å². The average Bonchev–Trinajstić information content (AvgIpc) is 3.08. The maximum Gasteiger partial charge on any atom is 0.273 e. The fraction of sp³-hybridized carbons (Fsp3) is 0.158. The molecule has 0 bridgehead atoms. The standard InChI is InChI=1S/C19H19N3O2/c1-12-7-8-13(2)16(9-12)20-19(23)18-11-17(21-22-18)14-5-4-6-15(10-14)24-3/h4-11H,1-3H3,(H,20,23)(H,21,22). The minimum absolute atomic E-state index is 0.217. The van der Waals surface area contributed by atoms with Crippen LogP contribution in [0.4, 0.5) is 5.69 Å². The molecule has 1 heterocycles. The molecule has 3 aromatic rings. The summed E-state index contributed by atoms with van der Waals surface area (Å²) in [6, 6.07) is 15.2. The average molecular weight is 321 g/mol. The summed E-state index contributed by atoms with van der Waals surface area (Å²) < 4.78 is 5.22. The van der Waals surface area contributed by atoms with Gasteiger partial charge in [0.15, 0.2) is 0 Å². The highest BCUT2D eigenvalue weighted by Crippen LogP contribution is 2.23. The molecule has 24 heavy (non-hydrogen) atoms. The number of methoxy groups -OCH3 is 1. The van der Waals surface area contributed by atoms with Crippen LogP contribution in [-0.4, -0.2) is 23.2 Å². The Labute approximate surface area is 140 Å². The first-order valence-electron chi connectivity index (χ1n) is 7.65. The van der Waals surface area contributed by atoms with Gasteiger partial charge in [0, 0.05) is 11.3 Å². The molecule has 0 fully saturated rings. The summed E-state index contributed by atoms with van der Waals surface area (Å²) in [6.45, 7) is 3.95. The second-order valence-corrected chi connectivity index (χ2v) is 5.67. The summed E-state index contributed by atoms with van der Waals surface area (Å²) in [5.74, 6) is 0.530. The van der Waals surface area contributed by atoms with Gasteiger partial charge >= 0.3 is 0 Å². The lowest BCUT2D eigenvalue weighted by molar-refractivity contribution is 0.102. The Morgan fingerprint density at radius 2 is 1.96 bits per heavy atom. The van der Waals surface area contributed by atoms with Crippen molar-refractivity contribution >= 4 is 11.6 Å². The Balaban J connectivity index is 1.82. The Kier molecular flexibility index (Phi) is 4.33. The number of amides is 1. The molecule has 5 heteroatoms. The van der Waals surface area contributed by atoms with Gasteiger partial charge in [-0.2, -0.15) is 5.10 Å². The number of carbonyl (C=O) groups is 1. The normalized spacial score (nSPS) is 10.5. The first-order valence-corrected chi connectivity index (χ1v) is 7.65. The number of hydrogen-bond donors (Lipinski definition) is 2. The monoisotopic (exact) mass is 321 g/mol. The van der Waals surface area contributed by atoms with Crippen molar-refractivity contribution in [1.82, 2.24) is 10.2 Å². The van der Waals surface area contributed by atoms with E-state index in [1.807, 2.05) is 56.3 Å². The number of nitrogens with zero attached hydrogens (tertiary/aromatic N) is 1. The highest BCUT2D eigenvalue weighted by molar-refractivity contribution is 6.03. The van der Waals surface area contributed by atoms with Crippen LogP contribution in [0.2, 0.25) is 0 Å². The molecular formula is C19H19N3O2. The number of rotatable bonds is 4. The number of hydrogen-bond acceptors (Lipinski definition) is 3. The van der Waals surface area contributed by atoms with Crippen LogP contribution in [0.1, 0.15) is 21.6 Å². The lowest BCUT2D eigenvalue weighted by Gasteiger charge is -2.08.